The fraction of sp³-hybridized carbons (Fsp3) is 0.273. The normalized spacial score (nSPS) is 11.8. The molecule has 28 heavy (non-hydrogen) atoms. The molecule has 2 aromatic carbocycles. The lowest BCUT2D eigenvalue weighted by Crippen LogP contribution is -2.26. The van der Waals surface area contributed by atoms with Gasteiger partial charge in [-0.05, 0) is 50.1 Å². The Morgan fingerprint density at radius 3 is 2.46 bits per heavy atom. The van der Waals surface area contributed by atoms with E-state index < -0.39 is 12.1 Å². The van der Waals surface area contributed by atoms with E-state index in [1.807, 2.05) is 24.3 Å². The number of hydrogen-bond acceptors (Lipinski definition) is 6. The molecular weight excluding hydrogens is 360 g/mol. The monoisotopic (exact) mass is 382 g/mol. The first-order chi connectivity index (χ1) is 13.5. The van der Waals surface area contributed by atoms with Crippen molar-refractivity contribution in [2.75, 3.05) is 6.61 Å². The molecule has 0 spiro atoms. The average molecular weight is 382 g/mol. The van der Waals surface area contributed by atoms with Crippen LogP contribution in [0.25, 0.3) is 11.0 Å². The van der Waals surface area contributed by atoms with Gasteiger partial charge in [0.05, 0.1) is 12.0 Å². The first-order valence-electron chi connectivity index (χ1n) is 9.17. The zero-order valence-electron chi connectivity index (χ0n) is 16.1. The molecule has 3 aromatic rings. The van der Waals surface area contributed by atoms with Crippen molar-refractivity contribution in [1.29, 1.82) is 0 Å². The maximum Gasteiger partial charge on any atom is 0.347 e. The van der Waals surface area contributed by atoms with Crippen LogP contribution in [0.2, 0.25) is 0 Å². The highest BCUT2D eigenvalue weighted by Crippen LogP contribution is 2.25. The Morgan fingerprint density at radius 1 is 1.07 bits per heavy atom. The Kier molecular flexibility index (Phi) is 5.99. The molecule has 1 aromatic heterocycles. The van der Waals surface area contributed by atoms with Gasteiger partial charge in [-0.1, -0.05) is 19.1 Å². The van der Waals surface area contributed by atoms with Crippen molar-refractivity contribution in [3.63, 3.8) is 0 Å². The molecule has 6 heteroatoms. The summed E-state index contributed by atoms with van der Waals surface area (Å²) in [5.41, 5.74) is 1.24. The number of benzene rings is 2. The van der Waals surface area contributed by atoms with E-state index in [9.17, 15) is 9.59 Å². The lowest BCUT2D eigenvalue weighted by Gasteiger charge is -2.13. The summed E-state index contributed by atoms with van der Waals surface area (Å²) in [6.07, 6.45) is 1.44. The second-order valence-electron chi connectivity index (χ2n) is 6.20. The van der Waals surface area contributed by atoms with E-state index in [4.69, 9.17) is 18.6 Å². The molecule has 146 valence electrons. The van der Waals surface area contributed by atoms with Crippen LogP contribution in [0.15, 0.2) is 57.9 Å². The quantitative estimate of drug-likeness (QED) is 0.561. The molecular formula is C22H22O6. The lowest BCUT2D eigenvalue weighted by atomic mass is 10.2. The van der Waals surface area contributed by atoms with E-state index >= 15 is 0 Å². The Bertz CT molecular complexity index is 1020. The summed E-state index contributed by atoms with van der Waals surface area (Å²) in [5, 5.41) is 0.360. The number of rotatable bonds is 7. The maximum absolute atomic E-state index is 12.7. The van der Waals surface area contributed by atoms with Crippen molar-refractivity contribution in [2.45, 2.75) is 33.3 Å². The van der Waals surface area contributed by atoms with Gasteiger partial charge in [-0.3, -0.25) is 4.79 Å². The second-order valence-corrected chi connectivity index (χ2v) is 6.20. The van der Waals surface area contributed by atoms with Crippen molar-refractivity contribution in [3.8, 4) is 17.2 Å². The van der Waals surface area contributed by atoms with Crippen molar-refractivity contribution in [1.82, 2.24) is 0 Å². The summed E-state index contributed by atoms with van der Waals surface area (Å²) in [6, 6.07) is 12.3. The Hall–Kier alpha value is -3.28. The predicted molar refractivity (Wildman–Crippen MR) is 105 cm³/mol. The largest absolute Gasteiger partial charge is 0.479 e. The van der Waals surface area contributed by atoms with Crippen LogP contribution in [0.1, 0.15) is 26.3 Å². The molecule has 3 rings (SSSR count). The number of aryl methyl sites for hydroxylation is 1. The zero-order chi connectivity index (χ0) is 20.1. The first-order valence-corrected chi connectivity index (χ1v) is 9.17. The number of esters is 1. The summed E-state index contributed by atoms with van der Waals surface area (Å²) < 4.78 is 21.7. The van der Waals surface area contributed by atoms with Gasteiger partial charge in [-0.25, -0.2) is 4.79 Å². The lowest BCUT2D eigenvalue weighted by molar-refractivity contribution is -0.150. The zero-order valence-corrected chi connectivity index (χ0v) is 16.1. The van der Waals surface area contributed by atoms with Crippen LogP contribution in [0.3, 0.4) is 0 Å². The molecule has 6 nitrogen and oxygen atoms in total. The number of hydrogen-bond donors (Lipinski definition) is 0. The van der Waals surface area contributed by atoms with Crippen LogP contribution >= 0.6 is 0 Å². The standard InChI is InChI=1S/C22H22O6/c1-4-15-6-8-16(9-7-15)28-20-13-26-19-12-17(10-11-18(19)21(20)23)27-14(3)22(24)25-5-2/h6-14H,4-5H2,1-3H3. The smallest absolute Gasteiger partial charge is 0.347 e. The van der Waals surface area contributed by atoms with Crippen LogP contribution in [0.4, 0.5) is 0 Å². The van der Waals surface area contributed by atoms with Crippen LogP contribution in [0, 0.1) is 0 Å². The topological polar surface area (TPSA) is 75.0 Å². The highest BCUT2D eigenvalue weighted by atomic mass is 16.6. The molecule has 0 bridgehead atoms. The van der Waals surface area contributed by atoms with Crippen LogP contribution in [-0.4, -0.2) is 18.7 Å². The minimum atomic E-state index is -0.766. The summed E-state index contributed by atoms with van der Waals surface area (Å²) in [7, 11) is 0. The van der Waals surface area contributed by atoms with E-state index in [-0.39, 0.29) is 17.8 Å². The van der Waals surface area contributed by atoms with Gasteiger partial charge in [-0.2, -0.15) is 0 Å². The minimum Gasteiger partial charge on any atom is -0.479 e. The fourth-order valence-corrected chi connectivity index (χ4v) is 2.67. The molecule has 0 N–H and O–H groups in total. The summed E-state index contributed by atoms with van der Waals surface area (Å²) in [4.78, 5) is 24.4. The molecule has 0 saturated carbocycles. The van der Waals surface area contributed by atoms with Crippen molar-refractivity contribution < 1.29 is 23.4 Å². The first kappa shape index (κ1) is 19.5. The van der Waals surface area contributed by atoms with Gasteiger partial charge >= 0.3 is 5.97 Å². The van der Waals surface area contributed by atoms with Gasteiger partial charge < -0.3 is 18.6 Å². The van der Waals surface area contributed by atoms with Crippen molar-refractivity contribution >= 4 is 16.9 Å². The molecule has 1 heterocycles. The predicted octanol–water partition coefficient (Wildman–Crippen LogP) is 4.48. The SMILES string of the molecule is CCOC(=O)C(C)Oc1ccc2c(=O)c(Oc3ccc(CC)cc3)coc2c1. The average Bonchev–Trinajstić information content (AvgIpc) is 2.71. The fourth-order valence-electron chi connectivity index (χ4n) is 2.67. The Labute approximate surface area is 162 Å². The highest BCUT2D eigenvalue weighted by molar-refractivity contribution is 5.79. The van der Waals surface area contributed by atoms with E-state index in [0.717, 1.165) is 6.42 Å². The second kappa shape index (κ2) is 8.61. The Balaban J connectivity index is 1.82. The molecule has 0 amide bonds. The van der Waals surface area contributed by atoms with Gasteiger partial charge in [0.25, 0.3) is 0 Å². The molecule has 0 aliphatic heterocycles. The number of fused-ring (bicyclic) bond motifs is 1. The number of carbonyl (C=O) groups excluding carboxylic acids is 1. The molecule has 1 atom stereocenters. The summed E-state index contributed by atoms with van der Waals surface area (Å²) >= 11 is 0. The van der Waals surface area contributed by atoms with Crippen LogP contribution in [-0.2, 0) is 16.0 Å². The van der Waals surface area contributed by atoms with Gasteiger partial charge in [0.15, 0.2) is 6.10 Å². The third-order valence-electron chi connectivity index (χ3n) is 4.21. The molecule has 0 saturated heterocycles. The van der Waals surface area contributed by atoms with Crippen molar-refractivity contribution in [2.24, 2.45) is 0 Å². The number of ether oxygens (including phenoxy) is 3. The molecule has 0 aliphatic rings. The van der Waals surface area contributed by atoms with Gasteiger partial charge in [0, 0.05) is 6.07 Å². The third-order valence-corrected chi connectivity index (χ3v) is 4.21. The molecule has 0 radical (unpaired) electrons. The number of carbonyl (C=O) groups is 1. The van der Waals surface area contributed by atoms with Crippen molar-refractivity contribution in [3.05, 3.63) is 64.5 Å². The highest BCUT2D eigenvalue weighted by Gasteiger charge is 2.17. The van der Waals surface area contributed by atoms with E-state index in [2.05, 4.69) is 6.92 Å². The van der Waals surface area contributed by atoms with Gasteiger partial charge in [0.2, 0.25) is 11.2 Å². The summed E-state index contributed by atoms with van der Waals surface area (Å²) in [5.74, 6) is 0.610. The molecule has 1 unspecified atom stereocenters. The van der Waals surface area contributed by atoms with E-state index in [1.54, 1.807) is 32.0 Å². The van der Waals surface area contributed by atoms with E-state index in [0.29, 0.717) is 22.5 Å². The van der Waals surface area contributed by atoms with Gasteiger partial charge in [-0.15, -0.1) is 0 Å². The van der Waals surface area contributed by atoms with Crippen LogP contribution < -0.4 is 14.9 Å². The Morgan fingerprint density at radius 2 is 1.79 bits per heavy atom. The molecule has 0 fully saturated rings. The maximum atomic E-state index is 12.7. The summed E-state index contributed by atoms with van der Waals surface area (Å²) in [6.45, 7) is 5.68. The molecule has 0 aliphatic carbocycles. The van der Waals surface area contributed by atoms with E-state index in [1.165, 1.54) is 11.8 Å². The van der Waals surface area contributed by atoms with Gasteiger partial charge in [0.1, 0.15) is 23.3 Å². The minimum absolute atomic E-state index is 0.102. The van der Waals surface area contributed by atoms with Crippen LogP contribution in [0.5, 0.6) is 17.2 Å². The third kappa shape index (κ3) is 4.34.